The van der Waals surface area contributed by atoms with Gasteiger partial charge in [0.1, 0.15) is 18.0 Å². The summed E-state index contributed by atoms with van der Waals surface area (Å²) < 4.78 is 40.5. The molecule has 2 fully saturated rings. The molecule has 9 nitrogen and oxygen atoms in total. The summed E-state index contributed by atoms with van der Waals surface area (Å²) in [6, 6.07) is 12.9. The van der Waals surface area contributed by atoms with Crippen LogP contribution in [0.4, 0.5) is 16.2 Å². The molecule has 2 aromatic carbocycles. The summed E-state index contributed by atoms with van der Waals surface area (Å²) in [5.41, 5.74) is 0.988. The van der Waals surface area contributed by atoms with Gasteiger partial charge in [-0.25, -0.2) is 13.2 Å². The van der Waals surface area contributed by atoms with Crippen molar-refractivity contribution in [2.75, 3.05) is 36.8 Å². The highest BCUT2D eigenvalue weighted by molar-refractivity contribution is 7.92. The Morgan fingerprint density at radius 2 is 2.06 bits per heavy atom. The molecule has 1 aliphatic heterocycles. The van der Waals surface area contributed by atoms with E-state index in [1.54, 1.807) is 30.3 Å². The second-order valence-electron chi connectivity index (χ2n) is 10.2. The molecule has 2 saturated carbocycles. The number of fused-ring (bicyclic) bond motifs is 2. The summed E-state index contributed by atoms with van der Waals surface area (Å²) in [6.45, 7) is 2.72. The fourth-order valence-corrected chi connectivity index (χ4v) is 6.93. The van der Waals surface area contributed by atoms with Crippen molar-refractivity contribution in [3.8, 4) is 11.8 Å². The van der Waals surface area contributed by atoms with Gasteiger partial charge in [0.25, 0.3) is 10.0 Å². The number of hydrogen-bond acceptors (Lipinski definition) is 7. The molecule has 0 radical (unpaired) electrons. The second kappa shape index (κ2) is 9.30. The van der Waals surface area contributed by atoms with Crippen LogP contribution >= 0.6 is 0 Å². The van der Waals surface area contributed by atoms with Gasteiger partial charge in [0.15, 0.2) is 0 Å². The number of benzene rings is 2. The van der Waals surface area contributed by atoms with Gasteiger partial charge < -0.3 is 14.4 Å². The first-order valence-electron chi connectivity index (χ1n) is 12.1. The zero-order chi connectivity index (χ0) is 25.6. The molecule has 0 saturated heterocycles. The molecule has 1 N–H and O–H groups in total. The minimum atomic E-state index is -4.01. The third-order valence-corrected chi connectivity index (χ3v) is 9.07. The smallest absolute Gasteiger partial charge is 0.411 e. The van der Waals surface area contributed by atoms with Crippen molar-refractivity contribution in [1.82, 2.24) is 4.90 Å². The maximum absolute atomic E-state index is 13.7. The molecule has 190 valence electrons. The van der Waals surface area contributed by atoms with E-state index < -0.39 is 22.2 Å². The highest BCUT2D eigenvalue weighted by Crippen LogP contribution is 2.56. The first-order chi connectivity index (χ1) is 17.2. The standard InChI is InChI=1S/C26H30N4O5S/c1-16-22-10-18(22)11-25(16)35-26(31)28-19-7-8-24-23(12-19)30(15-20(34-24)14-29(2)3)36(32,33)21-6-4-5-17(9-21)13-27/h4-9,12,16,18,20,22,25H,10-11,14-15H2,1-3H3,(H,28,31)/t16-,18+,20+,22?,25-/m1/s1. The van der Waals surface area contributed by atoms with E-state index in [4.69, 9.17) is 9.47 Å². The first-order valence-corrected chi connectivity index (χ1v) is 13.6. The number of ether oxygens (including phenoxy) is 2. The third-order valence-electron chi connectivity index (χ3n) is 7.29. The van der Waals surface area contributed by atoms with Gasteiger partial charge in [0.2, 0.25) is 0 Å². The van der Waals surface area contributed by atoms with Crippen LogP contribution < -0.4 is 14.4 Å². The molecule has 3 aliphatic rings. The number of hydrogen-bond donors (Lipinski definition) is 1. The van der Waals surface area contributed by atoms with Crippen LogP contribution in [-0.2, 0) is 14.8 Å². The maximum atomic E-state index is 13.7. The average molecular weight is 511 g/mol. The van der Waals surface area contributed by atoms with Gasteiger partial charge in [0, 0.05) is 12.2 Å². The summed E-state index contributed by atoms with van der Waals surface area (Å²) in [7, 11) is -0.229. The highest BCUT2D eigenvalue weighted by atomic mass is 32.2. The predicted molar refractivity (Wildman–Crippen MR) is 134 cm³/mol. The number of nitriles is 1. The van der Waals surface area contributed by atoms with E-state index in [1.807, 2.05) is 25.1 Å². The lowest BCUT2D eigenvalue weighted by Gasteiger charge is -2.36. The van der Waals surface area contributed by atoms with Crippen LogP contribution in [-0.4, -0.2) is 58.8 Å². The van der Waals surface area contributed by atoms with Crippen molar-refractivity contribution in [2.24, 2.45) is 17.8 Å². The molecule has 0 aromatic heterocycles. The summed E-state index contributed by atoms with van der Waals surface area (Å²) in [4.78, 5) is 14.6. The van der Waals surface area contributed by atoms with Gasteiger partial charge >= 0.3 is 6.09 Å². The Kier molecular flexibility index (Phi) is 6.30. The van der Waals surface area contributed by atoms with Gasteiger partial charge in [-0.2, -0.15) is 5.26 Å². The average Bonchev–Trinajstić information content (AvgIpc) is 3.55. The van der Waals surface area contributed by atoms with Crippen molar-refractivity contribution in [3.05, 3.63) is 48.0 Å². The van der Waals surface area contributed by atoms with E-state index in [9.17, 15) is 18.5 Å². The number of nitrogens with zero attached hydrogens (tertiary/aromatic N) is 3. The van der Waals surface area contributed by atoms with Crippen LogP contribution in [0.25, 0.3) is 0 Å². The molecular formula is C26H30N4O5S. The second-order valence-corrected chi connectivity index (χ2v) is 12.0. The molecule has 0 bridgehead atoms. The van der Waals surface area contributed by atoms with Crippen molar-refractivity contribution in [1.29, 1.82) is 5.26 Å². The molecular weight excluding hydrogens is 480 g/mol. The molecule has 1 heterocycles. The Morgan fingerprint density at radius 1 is 1.25 bits per heavy atom. The van der Waals surface area contributed by atoms with E-state index in [-0.39, 0.29) is 23.1 Å². The van der Waals surface area contributed by atoms with Crippen molar-refractivity contribution in [3.63, 3.8) is 0 Å². The lowest BCUT2D eigenvalue weighted by Crippen LogP contribution is -2.47. The zero-order valence-electron chi connectivity index (χ0n) is 20.5. The van der Waals surface area contributed by atoms with E-state index in [1.165, 1.54) is 22.9 Å². The largest absolute Gasteiger partial charge is 0.485 e. The molecule has 1 amide bonds. The normalized spacial score (nSPS) is 26.4. The van der Waals surface area contributed by atoms with Gasteiger partial charge in [-0.05, 0) is 81.1 Å². The Bertz CT molecular complexity index is 1320. The summed E-state index contributed by atoms with van der Waals surface area (Å²) in [6.07, 6.45) is 1.08. The molecule has 5 rings (SSSR count). The number of sulfonamides is 1. The van der Waals surface area contributed by atoms with E-state index in [0.717, 1.165) is 6.42 Å². The van der Waals surface area contributed by atoms with Crippen LogP contribution in [0.5, 0.6) is 5.75 Å². The van der Waals surface area contributed by atoms with E-state index >= 15 is 0 Å². The quantitative estimate of drug-likeness (QED) is 0.631. The summed E-state index contributed by atoms with van der Waals surface area (Å²) >= 11 is 0. The first kappa shape index (κ1) is 24.4. The number of carbonyl (C=O) groups excluding carboxylic acids is 1. The summed E-state index contributed by atoms with van der Waals surface area (Å²) in [5.74, 6) is 2.09. The minimum Gasteiger partial charge on any atom is -0.485 e. The number of carbonyl (C=O) groups is 1. The molecule has 10 heteroatoms. The number of amides is 1. The van der Waals surface area contributed by atoms with Crippen molar-refractivity contribution in [2.45, 2.75) is 36.9 Å². The SMILES string of the molecule is C[C@@H]1C2C[C@H]2C[C@H]1OC(=O)Nc1ccc2c(c1)N(S(=O)(=O)c1cccc(C#N)c1)C[C@H](CN(C)C)O2. The molecule has 5 atom stereocenters. The van der Waals surface area contributed by atoms with Crippen molar-refractivity contribution < 1.29 is 22.7 Å². The minimum absolute atomic E-state index is 0.0181. The maximum Gasteiger partial charge on any atom is 0.411 e. The van der Waals surface area contributed by atoms with Crippen molar-refractivity contribution >= 4 is 27.5 Å². The predicted octanol–water partition coefficient (Wildman–Crippen LogP) is 3.67. The van der Waals surface area contributed by atoms with Gasteiger partial charge in [0.05, 0.1) is 28.8 Å². The lowest BCUT2D eigenvalue weighted by molar-refractivity contribution is 0.0810. The van der Waals surface area contributed by atoms with Crippen LogP contribution in [0.2, 0.25) is 0 Å². The molecule has 36 heavy (non-hydrogen) atoms. The number of anilines is 2. The molecule has 1 unspecified atom stereocenters. The Balaban J connectivity index is 1.42. The van der Waals surface area contributed by atoms with Crippen LogP contribution in [0, 0.1) is 29.1 Å². The zero-order valence-corrected chi connectivity index (χ0v) is 21.4. The Hall–Kier alpha value is -3.29. The fourth-order valence-electron chi connectivity index (χ4n) is 5.39. The van der Waals surface area contributed by atoms with Gasteiger partial charge in [-0.15, -0.1) is 0 Å². The van der Waals surface area contributed by atoms with Gasteiger partial charge in [-0.1, -0.05) is 13.0 Å². The molecule has 2 aliphatic carbocycles. The lowest BCUT2D eigenvalue weighted by atomic mass is 10.0. The van der Waals surface area contributed by atoms with E-state index in [2.05, 4.69) is 12.2 Å². The third kappa shape index (κ3) is 4.73. The monoisotopic (exact) mass is 510 g/mol. The molecule has 2 aromatic rings. The van der Waals surface area contributed by atoms with Crippen LogP contribution in [0.3, 0.4) is 0 Å². The van der Waals surface area contributed by atoms with Crippen LogP contribution in [0.1, 0.15) is 25.3 Å². The highest BCUT2D eigenvalue weighted by Gasteiger charge is 2.52. The number of nitrogens with one attached hydrogen (secondary N) is 1. The Labute approximate surface area is 211 Å². The number of rotatable bonds is 6. The topological polar surface area (TPSA) is 112 Å². The Morgan fingerprint density at radius 3 is 2.75 bits per heavy atom. The summed E-state index contributed by atoms with van der Waals surface area (Å²) in [5, 5.41) is 12.0. The van der Waals surface area contributed by atoms with Crippen LogP contribution in [0.15, 0.2) is 47.4 Å². The van der Waals surface area contributed by atoms with E-state index in [0.29, 0.717) is 41.4 Å². The van der Waals surface area contributed by atoms with Gasteiger partial charge in [-0.3, -0.25) is 9.62 Å². The molecule has 0 spiro atoms. The number of likely N-dealkylation sites (N-methyl/N-ethyl adjacent to an activating group) is 1. The fraction of sp³-hybridized carbons (Fsp3) is 0.462.